The molecule has 0 fully saturated rings. The molecule has 5 aromatic heterocycles. The van der Waals surface area contributed by atoms with Gasteiger partial charge in [-0.25, -0.2) is 9.37 Å². The van der Waals surface area contributed by atoms with Crippen LogP contribution >= 0.6 is 11.3 Å². The molecule has 0 aliphatic carbocycles. The summed E-state index contributed by atoms with van der Waals surface area (Å²) in [5.74, 6) is 0.124. The van der Waals surface area contributed by atoms with E-state index in [1.807, 2.05) is 29.0 Å². The largest absolute Gasteiger partial charge is 0.397 e. The predicted molar refractivity (Wildman–Crippen MR) is 120 cm³/mol. The number of nitrogens with two attached hydrogens (primary N) is 1. The van der Waals surface area contributed by atoms with Crippen molar-refractivity contribution in [1.29, 1.82) is 0 Å². The third-order valence-electron chi connectivity index (χ3n) is 5.14. The Morgan fingerprint density at radius 1 is 1.00 bits per heavy atom. The van der Waals surface area contributed by atoms with Crippen LogP contribution in [0.1, 0.15) is 0 Å². The van der Waals surface area contributed by atoms with Gasteiger partial charge >= 0.3 is 0 Å². The molecule has 6 aromatic rings. The highest BCUT2D eigenvalue weighted by molar-refractivity contribution is 7.08. The zero-order valence-corrected chi connectivity index (χ0v) is 16.7. The van der Waals surface area contributed by atoms with E-state index in [1.165, 1.54) is 6.07 Å². The number of benzene rings is 1. The van der Waals surface area contributed by atoms with Gasteiger partial charge in [0, 0.05) is 40.5 Å². The predicted octanol–water partition coefficient (Wildman–Crippen LogP) is 5.01. The van der Waals surface area contributed by atoms with Crippen LogP contribution in [0.25, 0.3) is 55.8 Å². The Kier molecular flexibility index (Phi) is 3.84. The van der Waals surface area contributed by atoms with Crippen molar-refractivity contribution in [1.82, 2.24) is 30.1 Å². The summed E-state index contributed by atoms with van der Waals surface area (Å²) in [6.07, 6.45) is 4.94. The minimum Gasteiger partial charge on any atom is -0.397 e. The zero-order valence-electron chi connectivity index (χ0n) is 15.9. The summed E-state index contributed by atoms with van der Waals surface area (Å²) in [5, 5.41) is 11.8. The standard InChI is InChI=1S/C22H14FN7S/c23-16-7-12(13-5-14(24)9-25-8-13)6-15-19(16)29-30-20(15)22-27-17-1-3-26-18(21(17)28-22)11-2-4-31-10-11/h1-10H,24H2,(H,27,28)(H,29,30). The smallest absolute Gasteiger partial charge is 0.157 e. The summed E-state index contributed by atoms with van der Waals surface area (Å²) in [6.45, 7) is 0. The Morgan fingerprint density at radius 3 is 2.77 bits per heavy atom. The first kappa shape index (κ1) is 17.7. The first-order valence-electron chi connectivity index (χ1n) is 9.43. The lowest BCUT2D eigenvalue weighted by Gasteiger charge is -2.04. The molecule has 9 heteroatoms. The number of rotatable bonds is 3. The van der Waals surface area contributed by atoms with Crippen molar-refractivity contribution >= 4 is 39.0 Å². The fourth-order valence-electron chi connectivity index (χ4n) is 3.70. The lowest BCUT2D eigenvalue weighted by Crippen LogP contribution is -1.89. The van der Waals surface area contributed by atoms with E-state index in [0.717, 1.165) is 27.9 Å². The SMILES string of the molecule is Nc1cncc(-c2cc(F)c3n[nH]c(-c4nc5c(-c6ccsc6)nccc5[nH]4)c3c2)c1. The van der Waals surface area contributed by atoms with Gasteiger partial charge in [-0.2, -0.15) is 16.4 Å². The molecule has 0 aliphatic rings. The summed E-state index contributed by atoms with van der Waals surface area (Å²) in [5.41, 5.74) is 12.0. The number of nitrogen functional groups attached to an aromatic ring is 1. The lowest BCUT2D eigenvalue weighted by molar-refractivity contribution is 0.636. The van der Waals surface area contributed by atoms with Crippen LogP contribution < -0.4 is 5.73 Å². The van der Waals surface area contributed by atoms with E-state index in [9.17, 15) is 4.39 Å². The molecule has 0 bridgehead atoms. The van der Waals surface area contributed by atoms with Crippen molar-refractivity contribution in [2.24, 2.45) is 0 Å². The molecular formula is C22H14FN7S. The number of imidazole rings is 1. The molecule has 6 rings (SSSR count). The number of halogens is 1. The van der Waals surface area contributed by atoms with E-state index in [4.69, 9.17) is 10.7 Å². The monoisotopic (exact) mass is 427 g/mol. The minimum atomic E-state index is -0.436. The van der Waals surface area contributed by atoms with E-state index in [0.29, 0.717) is 28.2 Å². The van der Waals surface area contributed by atoms with Crippen LogP contribution in [-0.2, 0) is 0 Å². The van der Waals surface area contributed by atoms with Gasteiger partial charge in [0.2, 0.25) is 0 Å². The minimum absolute atomic E-state index is 0.243. The van der Waals surface area contributed by atoms with E-state index < -0.39 is 5.82 Å². The van der Waals surface area contributed by atoms with Gasteiger partial charge in [0.1, 0.15) is 16.7 Å². The van der Waals surface area contributed by atoms with Gasteiger partial charge in [0.05, 0.1) is 16.9 Å². The summed E-state index contributed by atoms with van der Waals surface area (Å²) in [6, 6.07) is 8.92. The number of aromatic amines is 2. The van der Waals surface area contributed by atoms with E-state index in [1.54, 1.807) is 36.0 Å². The van der Waals surface area contributed by atoms with Crippen molar-refractivity contribution in [3.63, 3.8) is 0 Å². The van der Waals surface area contributed by atoms with Gasteiger partial charge in [-0.1, -0.05) is 0 Å². The van der Waals surface area contributed by atoms with Crippen LogP contribution in [0.2, 0.25) is 0 Å². The van der Waals surface area contributed by atoms with Gasteiger partial charge in [-0.15, -0.1) is 0 Å². The Labute approximate surface area is 178 Å². The number of hydrogen-bond acceptors (Lipinski definition) is 6. The Balaban J connectivity index is 1.55. The average Bonchev–Trinajstić information content (AvgIpc) is 3.52. The zero-order chi connectivity index (χ0) is 20.9. The van der Waals surface area contributed by atoms with Crippen molar-refractivity contribution < 1.29 is 4.39 Å². The number of fused-ring (bicyclic) bond motifs is 2. The second-order valence-electron chi connectivity index (χ2n) is 7.11. The quantitative estimate of drug-likeness (QED) is 0.368. The van der Waals surface area contributed by atoms with Crippen molar-refractivity contribution in [3.8, 4) is 33.9 Å². The summed E-state index contributed by atoms with van der Waals surface area (Å²) < 4.78 is 14.8. The normalized spacial score (nSPS) is 11.5. The number of nitrogens with zero attached hydrogens (tertiary/aromatic N) is 4. The fraction of sp³-hybridized carbons (Fsp3) is 0. The van der Waals surface area contributed by atoms with E-state index >= 15 is 0 Å². The maximum absolute atomic E-state index is 14.8. The van der Waals surface area contributed by atoms with Crippen LogP contribution in [0.3, 0.4) is 0 Å². The van der Waals surface area contributed by atoms with Crippen LogP contribution in [0, 0.1) is 5.82 Å². The van der Waals surface area contributed by atoms with Gasteiger partial charge in [0.15, 0.2) is 11.6 Å². The fourth-order valence-corrected chi connectivity index (χ4v) is 4.34. The summed E-state index contributed by atoms with van der Waals surface area (Å²) in [7, 11) is 0. The summed E-state index contributed by atoms with van der Waals surface area (Å²) >= 11 is 1.60. The number of H-pyrrole nitrogens is 2. The highest BCUT2D eigenvalue weighted by Gasteiger charge is 2.18. The van der Waals surface area contributed by atoms with E-state index in [2.05, 4.69) is 25.1 Å². The molecule has 150 valence electrons. The molecule has 0 aliphatic heterocycles. The molecule has 31 heavy (non-hydrogen) atoms. The number of thiophene rings is 1. The summed E-state index contributed by atoms with van der Waals surface area (Å²) in [4.78, 5) is 16.7. The Hall–Kier alpha value is -4.11. The van der Waals surface area contributed by atoms with Crippen LogP contribution in [0.5, 0.6) is 0 Å². The number of hydrogen-bond donors (Lipinski definition) is 3. The number of pyridine rings is 2. The maximum atomic E-state index is 14.8. The molecule has 0 spiro atoms. The van der Waals surface area contributed by atoms with Crippen LogP contribution in [-0.4, -0.2) is 30.1 Å². The first-order chi connectivity index (χ1) is 15.2. The third kappa shape index (κ3) is 2.86. The second-order valence-corrected chi connectivity index (χ2v) is 7.89. The van der Waals surface area contributed by atoms with Crippen LogP contribution in [0.4, 0.5) is 10.1 Å². The molecule has 1 aromatic carbocycles. The molecule has 0 atom stereocenters. The molecule has 0 unspecified atom stereocenters. The third-order valence-corrected chi connectivity index (χ3v) is 5.82. The highest BCUT2D eigenvalue weighted by Crippen LogP contribution is 2.34. The highest BCUT2D eigenvalue weighted by atomic mass is 32.1. The molecule has 0 radical (unpaired) electrons. The number of anilines is 1. The van der Waals surface area contributed by atoms with E-state index in [-0.39, 0.29) is 5.52 Å². The molecule has 5 heterocycles. The topological polar surface area (TPSA) is 109 Å². The molecule has 4 N–H and O–H groups in total. The van der Waals surface area contributed by atoms with Crippen molar-refractivity contribution in [2.45, 2.75) is 0 Å². The molecule has 0 saturated heterocycles. The maximum Gasteiger partial charge on any atom is 0.157 e. The second kappa shape index (κ2) is 6.71. The van der Waals surface area contributed by atoms with Crippen LogP contribution in [0.15, 0.2) is 59.7 Å². The van der Waals surface area contributed by atoms with Crippen molar-refractivity contribution in [3.05, 3.63) is 65.5 Å². The van der Waals surface area contributed by atoms with Gasteiger partial charge < -0.3 is 10.7 Å². The molecular weight excluding hydrogens is 413 g/mol. The molecule has 0 saturated carbocycles. The van der Waals surface area contributed by atoms with Crippen molar-refractivity contribution in [2.75, 3.05) is 5.73 Å². The average molecular weight is 427 g/mol. The van der Waals surface area contributed by atoms with Gasteiger partial charge in [0.25, 0.3) is 0 Å². The Bertz CT molecular complexity index is 1570. The van der Waals surface area contributed by atoms with Gasteiger partial charge in [-0.05, 0) is 41.3 Å². The molecule has 7 nitrogen and oxygen atoms in total. The first-order valence-corrected chi connectivity index (χ1v) is 10.4. The number of aromatic nitrogens is 6. The lowest BCUT2D eigenvalue weighted by atomic mass is 10.0. The molecule has 0 amide bonds. The number of nitrogens with one attached hydrogen (secondary N) is 2. The Morgan fingerprint density at radius 2 is 1.94 bits per heavy atom. The van der Waals surface area contributed by atoms with Gasteiger partial charge in [-0.3, -0.25) is 15.1 Å².